The molecule has 0 aliphatic carbocycles. The zero-order chi connectivity index (χ0) is 29.9. The molecule has 3 N–H and O–H groups in total. The zero-order valence-electron chi connectivity index (χ0n) is 23.3. The third kappa shape index (κ3) is 8.21. The molecule has 1 atom stereocenters. The summed E-state index contributed by atoms with van der Waals surface area (Å²) >= 11 is 1.39. The van der Waals surface area contributed by atoms with Crippen LogP contribution in [0.4, 0.5) is 11.4 Å². The molecule has 0 saturated carbocycles. The molecule has 0 spiro atoms. The fraction of sp³-hybridized carbons (Fsp3) is 0.125. The van der Waals surface area contributed by atoms with Gasteiger partial charge in [-0.1, -0.05) is 18.2 Å². The normalized spacial score (nSPS) is 11.6. The van der Waals surface area contributed by atoms with Gasteiger partial charge in [0.05, 0.1) is 19.5 Å². The largest absolute Gasteiger partial charge is 0.497 e. The van der Waals surface area contributed by atoms with Crippen molar-refractivity contribution in [3.63, 3.8) is 0 Å². The number of hydrogen-bond donors (Lipinski definition) is 3. The van der Waals surface area contributed by atoms with Gasteiger partial charge in [-0.3, -0.25) is 19.4 Å². The van der Waals surface area contributed by atoms with Gasteiger partial charge in [-0.05, 0) is 79.7 Å². The van der Waals surface area contributed by atoms with Crippen molar-refractivity contribution in [3.05, 3.63) is 114 Å². The van der Waals surface area contributed by atoms with E-state index < -0.39 is 11.8 Å². The number of thioether (sulfide) groups is 1. The Kier molecular flexibility index (Phi) is 10.3. The number of nitrogens with zero attached hydrogens (tertiary/aromatic N) is 1. The van der Waals surface area contributed by atoms with Crippen molar-refractivity contribution in [2.45, 2.75) is 17.1 Å². The maximum absolute atomic E-state index is 13.4. The molecule has 0 fully saturated rings. The summed E-state index contributed by atoms with van der Waals surface area (Å²) in [5.74, 6) is -0.0497. The second-order valence-electron chi connectivity index (χ2n) is 8.95. The van der Waals surface area contributed by atoms with Crippen molar-refractivity contribution in [2.24, 2.45) is 0 Å². The van der Waals surface area contributed by atoms with Crippen LogP contribution in [0.15, 0.2) is 108 Å². The summed E-state index contributed by atoms with van der Waals surface area (Å²) in [5.41, 5.74) is 2.14. The smallest absolute Gasteiger partial charge is 0.272 e. The van der Waals surface area contributed by atoms with Crippen LogP contribution in [-0.2, 0) is 9.59 Å². The summed E-state index contributed by atoms with van der Waals surface area (Å²) in [5, 5.41) is 8.05. The number of ether oxygens (including phenoxy) is 2. The molecule has 1 aromatic heterocycles. The van der Waals surface area contributed by atoms with Gasteiger partial charge in [0, 0.05) is 39.8 Å². The Hall–Kier alpha value is -5.09. The van der Waals surface area contributed by atoms with Crippen molar-refractivity contribution >= 4 is 46.9 Å². The Morgan fingerprint density at radius 2 is 1.52 bits per heavy atom. The highest BCUT2D eigenvalue weighted by Gasteiger charge is 2.18. The van der Waals surface area contributed by atoms with Gasteiger partial charge in [0.25, 0.3) is 11.8 Å². The second-order valence-corrected chi connectivity index (χ2v) is 10.4. The van der Waals surface area contributed by atoms with E-state index in [4.69, 9.17) is 9.47 Å². The van der Waals surface area contributed by atoms with Crippen LogP contribution in [0.25, 0.3) is 6.08 Å². The van der Waals surface area contributed by atoms with E-state index in [9.17, 15) is 14.4 Å². The Bertz CT molecular complexity index is 1560. The molecule has 1 heterocycles. The summed E-state index contributed by atoms with van der Waals surface area (Å²) in [4.78, 5) is 43.8. The van der Waals surface area contributed by atoms with Gasteiger partial charge >= 0.3 is 0 Å². The van der Waals surface area contributed by atoms with Crippen LogP contribution in [0.5, 0.6) is 11.5 Å². The van der Waals surface area contributed by atoms with Crippen molar-refractivity contribution < 1.29 is 23.9 Å². The molecule has 0 radical (unpaired) electrons. The van der Waals surface area contributed by atoms with E-state index >= 15 is 0 Å². The SMILES string of the molecule is COc1ccc(OC)c(/C=C(\NC(=O)c2ccccc2)C(=O)Nc2ccc(SC(C)C(=O)Nc3ccncc3)cc2)c1. The molecule has 0 aliphatic rings. The van der Waals surface area contributed by atoms with E-state index in [1.807, 2.05) is 19.1 Å². The highest BCUT2D eigenvalue weighted by Crippen LogP contribution is 2.28. The first-order valence-corrected chi connectivity index (χ1v) is 13.8. The first kappa shape index (κ1) is 29.9. The summed E-state index contributed by atoms with van der Waals surface area (Å²) in [6, 6.07) is 24.3. The van der Waals surface area contributed by atoms with Crippen molar-refractivity contribution in [3.8, 4) is 11.5 Å². The molecular formula is C32H30N4O5S. The number of pyridine rings is 1. The minimum Gasteiger partial charge on any atom is -0.497 e. The molecule has 3 amide bonds. The maximum Gasteiger partial charge on any atom is 0.272 e. The highest BCUT2D eigenvalue weighted by molar-refractivity contribution is 8.00. The molecule has 0 aliphatic heterocycles. The maximum atomic E-state index is 13.4. The molecule has 0 bridgehead atoms. The van der Waals surface area contributed by atoms with Crippen LogP contribution in [0.2, 0.25) is 0 Å². The average Bonchev–Trinajstić information content (AvgIpc) is 3.02. The third-order valence-corrected chi connectivity index (χ3v) is 7.12. The molecule has 3 aromatic carbocycles. The van der Waals surface area contributed by atoms with Crippen LogP contribution in [-0.4, -0.2) is 42.2 Å². The first-order chi connectivity index (χ1) is 20.4. The predicted octanol–water partition coefficient (Wildman–Crippen LogP) is 5.63. The third-order valence-electron chi connectivity index (χ3n) is 6.01. The van der Waals surface area contributed by atoms with Gasteiger partial charge < -0.3 is 25.4 Å². The van der Waals surface area contributed by atoms with Gasteiger partial charge in [-0.2, -0.15) is 0 Å². The Balaban J connectivity index is 1.50. The van der Waals surface area contributed by atoms with E-state index in [1.165, 1.54) is 32.1 Å². The van der Waals surface area contributed by atoms with E-state index in [0.29, 0.717) is 34.0 Å². The van der Waals surface area contributed by atoms with Crippen molar-refractivity contribution in [2.75, 3.05) is 24.9 Å². The first-order valence-electron chi connectivity index (χ1n) is 13.0. The predicted molar refractivity (Wildman–Crippen MR) is 165 cm³/mol. The van der Waals surface area contributed by atoms with Crippen LogP contribution in [0.1, 0.15) is 22.8 Å². The number of carbonyl (C=O) groups excluding carboxylic acids is 3. The molecular weight excluding hydrogens is 552 g/mol. The summed E-state index contributed by atoms with van der Waals surface area (Å²) < 4.78 is 10.8. The number of amides is 3. The lowest BCUT2D eigenvalue weighted by Gasteiger charge is -2.14. The molecule has 42 heavy (non-hydrogen) atoms. The number of hydrogen-bond acceptors (Lipinski definition) is 7. The van der Waals surface area contributed by atoms with E-state index in [1.54, 1.807) is 85.2 Å². The van der Waals surface area contributed by atoms with E-state index in [-0.39, 0.29) is 16.9 Å². The van der Waals surface area contributed by atoms with Crippen LogP contribution < -0.4 is 25.4 Å². The lowest BCUT2D eigenvalue weighted by molar-refractivity contribution is -0.115. The monoisotopic (exact) mass is 582 g/mol. The van der Waals surface area contributed by atoms with Crippen LogP contribution >= 0.6 is 11.8 Å². The fourth-order valence-corrected chi connectivity index (χ4v) is 4.67. The summed E-state index contributed by atoms with van der Waals surface area (Å²) in [6.07, 6.45) is 4.76. The number of nitrogens with one attached hydrogen (secondary N) is 3. The van der Waals surface area contributed by atoms with Gasteiger partial charge in [-0.25, -0.2) is 0 Å². The zero-order valence-corrected chi connectivity index (χ0v) is 24.1. The van der Waals surface area contributed by atoms with E-state index in [0.717, 1.165) is 4.90 Å². The number of benzene rings is 3. The Morgan fingerprint density at radius 3 is 2.19 bits per heavy atom. The minimum absolute atomic E-state index is 0.00950. The Morgan fingerprint density at radius 1 is 0.833 bits per heavy atom. The van der Waals surface area contributed by atoms with Crippen molar-refractivity contribution in [1.82, 2.24) is 10.3 Å². The van der Waals surface area contributed by atoms with E-state index in [2.05, 4.69) is 20.9 Å². The molecule has 4 rings (SSSR count). The van der Waals surface area contributed by atoms with Crippen molar-refractivity contribution in [1.29, 1.82) is 0 Å². The molecule has 214 valence electrons. The molecule has 1 unspecified atom stereocenters. The average molecular weight is 583 g/mol. The Labute approximate surface area is 248 Å². The van der Waals surface area contributed by atoms with Gasteiger partial charge in [0.2, 0.25) is 5.91 Å². The van der Waals surface area contributed by atoms with Gasteiger partial charge in [0.15, 0.2) is 0 Å². The van der Waals surface area contributed by atoms with Gasteiger partial charge in [-0.15, -0.1) is 11.8 Å². The second kappa shape index (κ2) is 14.5. The number of rotatable bonds is 11. The molecule has 0 saturated heterocycles. The number of aromatic nitrogens is 1. The number of methoxy groups -OCH3 is 2. The summed E-state index contributed by atoms with van der Waals surface area (Å²) in [6.45, 7) is 1.82. The van der Waals surface area contributed by atoms with Gasteiger partial charge in [0.1, 0.15) is 17.2 Å². The quantitative estimate of drug-likeness (QED) is 0.155. The fourth-order valence-electron chi connectivity index (χ4n) is 3.80. The standard InChI is InChI=1S/C32H30N4O5S/c1-21(30(37)34-25-15-17-33-18-16-25)42-27-12-9-24(10-13-27)35-32(39)28(36-31(38)22-7-5-4-6-8-22)20-23-19-26(40-2)11-14-29(23)41-3/h4-21H,1-3H3,(H,35,39)(H,36,38)(H,33,34,37)/b28-20-. The molecule has 10 heteroatoms. The summed E-state index contributed by atoms with van der Waals surface area (Å²) in [7, 11) is 3.06. The number of carbonyl (C=O) groups is 3. The lowest BCUT2D eigenvalue weighted by Crippen LogP contribution is -2.30. The lowest BCUT2D eigenvalue weighted by atomic mass is 10.1. The van der Waals surface area contributed by atoms with Crippen LogP contribution in [0.3, 0.4) is 0 Å². The minimum atomic E-state index is -0.533. The molecule has 4 aromatic rings. The number of anilines is 2. The molecule has 9 nitrogen and oxygen atoms in total. The van der Waals surface area contributed by atoms with Crippen LogP contribution in [0, 0.1) is 0 Å². The highest BCUT2D eigenvalue weighted by atomic mass is 32.2. The topological polar surface area (TPSA) is 119 Å².